The Bertz CT molecular complexity index is 538. The van der Waals surface area contributed by atoms with Crippen molar-refractivity contribution in [1.82, 2.24) is 20.4 Å². The second kappa shape index (κ2) is 6.09. The molecule has 0 aromatic carbocycles. The van der Waals surface area contributed by atoms with Gasteiger partial charge < -0.3 is 10.2 Å². The van der Waals surface area contributed by atoms with Crippen molar-refractivity contribution >= 4 is 17.4 Å². The molecule has 0 spiro atoms. The summed E-state index contributed by atoms with van der Waals surface area (Å²) in [7, 11) is 0. The lowest BCUT2D eigenvalue weighted by Crippen LogP contribution is -2.44. The molecule has 106 valence electrons. The van der Waals surface area contributed by atoms with Crippen LogP contribution in [0.25, 0.3) is 0 Å². The van der Waals surface area contributed by atoms with Crippen LogP contribution in [0.2, 0.25) is 0 Å². The van der Waals surface area contributed by atoms with Crippen molar-refractivity contribution in [3.63, 3.8) is 0 Å². The van der Waals surface area contributed by atoms with Crippen LogP contribution in [0.3, 0.4) is 0 Å². The van der Waals surface area contributed by atoms with Crippen LogP contribution in [0.1, 0.15) is 36.4 Å². The summed E-state index contributed by atoms with van der Waals surface area (Å²) in [6, 6.07) is 2.20. The molecule has 1 aliphatic rings. The average Bonchev–Trinajstić information content (AvgIpc) is 3.18. The van der Waals surface area contributed by atoms with E-state index in [1.165, 1.54) is 0 Å². The van der Waals surface area contributed by atoms with Crippen LogP contribution in [-0.4, -0.2) is 27.7 Å². The Labute approximate surface area is 122 Å². The molecule has 6 heteroatoms. The van der Waals surface area contributed by atoms with Crippen LogP contribution in [0.4, 0.5) is 4.79 Å². The minimum absolute atomic E-state index is 0.0158. The molecule has 0 bridgehead atoms. The number of hydrogen-bond donors (Lipinski definition) is 2. The summed E-state index contributed by atoms with van der Waals surface area (Å²) in [5, 5.41) is 13.9. The highest BCUT2D eigenvalue weighted by Gasteiger charge is 2.28. The quantitative estimate of drug-likeness (QED) is 0.913. The number of likely N-dealkylation sites (tertiary alicyclic amines) is 1. The largest absolute Gasteiger partial charge is 0.334 e. The first-order valence-electron chi connectivity index (χ1n) is 6.89. The molecule has 0 saturated carbocycles. The van der Waals surface area contributed by atoms with Gasteiger partial charge in [-0.05, 0) is 41.7 Å². The van der Waals surface area contributed by atoms with E-state index in [1.807, 2.05) is 28.7 Å². The van der Waals surface area contributed by atoms with Crippen LogP contribution >= 0.6 is 11.3 Å². The maximum absolute atomic E-state index is 12.4. The van der Waals surface area contributed by atoms with E-state index in [2.05, 4.69) is 20.9 Å². The number of hydrogen-bond acceptors (Lipinski definition) is 3. The number of amides is 2. The summed E-state index contributed by atoms with van der Waals surface area (Å²) < 4.78 is 0. The van der Waals surface area contributed by atoms with Crippen molar-refractivity contribution in [3.05, 3.63) is 40.3 Å². The highest BCUT2D eigenvalue weighted by atomic mass is 32.1. The zero-order valence-corrected chi connectivity index (χ0v) is 12.0. The predicted octanol–water partition coefficient (Wildman–Crippen LogP) is 2.91. The minimum Gasteiger partial charge on any atom is -0.334 e. The topological polar surface area (TPSA) is 61.0 Å². The number of urea groups is 1. The Kier molecular flexibility index (Phi) is 4.01. The number of carbonyl (C=O) groups excluding carboxylic acids is 1. The fourth-order valence-corrected chi connectivity index (χ4v) is 3.31. The van der Waals surface area contributed by atoms with Gasteiger partial charge in [0.15, 0.2) is 0 Å². The van der Waals surface area contributed by atoms with Gasteiger partial charge in [-0.25, -0.2) is 4.79 Å². The predicted molar refractivity (Wildman–Crippen MR) is 78.4 cm³/mol. The maximum atomic E-state index is 12.4. The first-order valence-corrected chi connectivity index (χ1v) is 7.83. The molecule has 1 unspecified atom stereocenters. The van der Waals surface area contributed by atoms with E-state index in [1.54, 1.807) is 11.3 Å². The molecular weight excluding hydrogens is 272 g/mol. The van der Waals surface area contributed by atoms with Crippen molar-refractivity contribution in [2.75, 3.05) is 6.54 Å². The van der Waals surface area contributed by atoms with E-state index in [4.69, 9.17) is 0 Å². The monoisotopic (exact) mass is 290 g/mol. The number of rotatable bonds is 3. The van der Waals surface area contributed by atoms with Gasteiger partial charge in [0.2, 0.25) is 0 Å². The van der Waals surface area contributed by atoms with Gasteiger partial charge in [0, 0.05) is 24.8 Å². The van der Waals surface area contributed by atoms with Crippen LogP contribution in [0.5, 0.6) is 0 Å². The lowest BCUT2D eigenvalue weighted by atomic mass is 9.98. The van der Waals surface area contributed by atoms with E-state index >= 15 is 0 Å². The number of carbonyl (C=O) groups is 1. The molecule has 3 rings (SSSR count). The van der Waals surface area contributed by atoms with E-state index < -0.39 is 0 Å². The summed E-state index contributed by atoms with van der Waals surface area (Å²) in [5.41, 5.74) is 2.25. The van der Waals surface area contributed by atoms with Crippen molar-refractivity contribution in [1.29, 1.82) is 0 Å². The van der Waals surface area contributed by atoms with Crippen LogP contribution in [0.15, 0.2) is 29.2 Å². The van der Waals surface area contributed by atoms with Gasteiger partial charge in [-0.1, -0.05) is 0 Å². The van der Waals surface area contributed by atoms with E-state index in [0.717, 1.165) is 36.9 Å². The Hall–Kier alpha value is -1.82. The van der Waals surface area contributed by atoms with Gasteiger partial charge in [0.1, 0.15) is 0 Å². The van der Waals surface area contributed by atoms with Crippen molar-refractivity contribution in [3.8, 4) is 0 Å². The second-order valence-corrected chi connectivity index (χ2v) is 5.81. The summed E-state index contributed by atoms with van der Waals surface area (Å²) in [4.78, 5) is 14.3. The fourth-order valence-electron chi connectivity index (χ4n) is 2.64. The number of nitrogens with zero attached hydrogens (tertiary/aromatic N) is 2. The second-order valence-electron chi connectivity index (χ2n) is 5.03. The summed E-state index contributed by atoms with van der Waals surface area (Å²) in [6.07, 6.45) is 6.93. The Morgan fingerprint density at radius 3 is 3.25 bits per heavy atom. The Morgan fingerprint density at radius 2 is 2.50 bits per heavy atom. The smallest absolute Gasteiger partial charge is 0.318 e. The van der Waals surface area contributed by atoms with Crippen LogP contribution < -0.4 is 5.32 Å². The molecular formula is C14H18N4OS. The van der Waals surface area contributed by atoms with Crippen molar-refractivity contribution in [2.24, 2.45) is 0 Å². The highest BCUT2D eigenvalue weighted by molar-refractivity contribution is 7.07. The molecule has 2 amide bonds. The van der Waals surface area contributed by atoms with Gasteiger partial charge in [0.25, 0.3) is 0 Å². The highest BCUT2D eigenvalue weighted by Crippen LogP contribution is 2.30. The summed E-state index contributed by atoms with van der Waals surface area (Å²) >= 11 is 1.65. The third kappa shape index (κ3) is 2.85. The zero-order valence-electron chi connectivity index (χ0n) is 11.2. The molecule has 1 saturated heterocycles. The van der Waals surface area contributed by atoms with Gasteiger partial charge in [-0.2, -0.15) is 16.4 Å². The maximum Gasteiger partial charge on any atom is 0.318 e. The van der Waals surface area contributed by atoms with Crippen molar-refractivity contribution in [2.45, 2.75) is 31.8 Å². The molecule has 1 fully saturated rings. The first-order chi connectivity index (χ1) is 9.84. The third-order valence-corrected chi connectivity index (χ3v) is 4.42. The number of thiophene rings is 1. The summed E-state index contributed by atoms with van der Waals surface area (Å²) in [5.74, 6) is 0. The molecule has 2 aromatic rings. The third-order valence-electron chi connectivity index (χ3n) is 3.69. The molecule has 2 N–H and O–H groups in total. The SMILES string of the molecule is O=C(NCc1ccsc1)N1CCCCC1c1cn[nH]c1. The van der Waals surface area contributed by atoms with Crippen molar-refractivity contribution < 1.29 is 4.79 Å². The molecule has 3 heterocycles. The number of aromatic amines is 1. The summed E-state index contributed by atoms with van der Waals surface area (Å²) in [6.45, 7) is 1.41. The van der Waals surface area contributed by atoms with Gasteiger partial charge >= 0.3 is 6.03 Å². The number of H-pyrrole nitrogens is 1. The Morgan fingerprint density at radius 1 is 1.55 bits per heavy atom. The number of aromatic nitrogens is 2. The van der Waals surface area contributed by atoms with Gasteiger partial charge in [0.05, 0.1) is 12.2 Å². The van der Waals surface area contributed by atoms with E-state index in [0.29, 0.717) is 6.54 Å². The molecule has 2 aromatic heterocycles. The lowest BCUT2D eigenvalue weighted by Gasteiger charge is -2.35. The Balaban J connectivity index is 1.65. The van der Waals surface area contributed by atoms with Gasteiger partial charge in [-0.15, -0.1) is 0 Å². The van der Waals surface area contributed by atoms with E-state index in [-0.39, 0.29) is 12.1 Å². The minimum atomic E-state index is 0.0158. The molecule has 20 heavy (non-hydrogen) atoms. The van der Waals surface area contributed by atoms with E-state index in [9.17, 15) is 4.79 Å². The first kappa shape index (κ1) is 13.2. The average molecular weight is 290 g/mol. The number of nitrogens with one attached hydrogen (secondary N) is 2. The normalized spacial score (nSPS) is 19.0. The van der Waals surface area contributed by atoms with Crippen LogP contribution in [0, 0.1) is 0 Å². The molecule has 1 aliphatic heterocycles. The zero-order chi connectivity index (χ0) is 13.8. The molecule has 1 atom stereocenters. The standard InChI is InChI=1S/C14H18N4OS/c19-14(15-7-11-4-6-20-10-11)18-5-2-1-3-13(18)12-8-16-17-9-12/h4,6,8-10,13H,1-3,5,7H2,(H,15,19)(H,16,17). The van der Waals surface area contributed by atoms with Gasteiger partial charge in [-0.3, -0.25) is 5.10 Å². The molecule has 5 nitrogen and oxygen atoms in total. The molecule has 0 radical (unpaired) electrons. The fraction of sp³-hybridized carbons (Fsp3) is 0.429. The lowest BCUT2D eigenvalue weighted by molar-refractivity contribution is 0.151. The number of piperidine rings is 1. The van der Waals surface area contributed by atoms with Crippen LogP contribution in [-0.2, 0) is 6.54 Å². The molecule has 0 aliphatic carbocycles.